The molecule has 146 valence electrons. The summed E-state index contributed by atoms with van der Waals surface area (Å²) >= 11 is 0. The third-order valence-corrected chi connectivity index (χ3v) is 3.92. The molecule has 1 N–H and O–H groups in total. The molecule has 6 nitrogen and oxygen atoms in total. The number of hydrogen-bond donors (Lipinski definition) is 1. The topological polar surface area (TPSA) is 66.0 Å². The molecule has 6 heteroatoms. The SMILES string of the molecule is CCOc1ccc(OCCNC(=O)CCc2ccc(OC)c(OC)c2)cc1. The van der Waals surface area contributed by atoms with Gasteiger partial charge in [0.15, 0.2) is 11.5 Å². The quantitative estimate of drug-likeness (QED) is 0.613. The van der Waals surface area contributed by atoms with Crippen LogP contribution in [0.5, 0.6) is 23.0 Å². The van der Waals surface area contributed by atoms with Gasteiger partial charge in [0.05, 0.1) is 27.4 Å². The Morgan fingerprint density at radius 1 is 0.926 bits per heavy atom. The molecule has 0 unspecified atom stereocenters. The van der Waals surface area contributed by atoms with Crippen molar-refractivity contribution in [3.8, 4) is 23.0 Å². The minimum Gasteiger partial charge on any atom is -0.494 e. The van der Waals surface area contributed by atoms with Crippen molar-refractivity contribution < 1.29 is 23.7 Å². The molecule has 0 bridgehead atoms. The van der Waals surface area contributed by atoms with Crippen LogP contribution in [-0.2, 0) is 11.2 Å². The molecule has 2 rings (SSSR count). The van der Waals surface area contributed by atoms with E-state index in [9.17, 15) is 4.79 Å². The predicted octanol–water partition coefficient (Wildman–Crippen LogP) is 3.23. The highest BCUT2D eigenvalue weighted by Gasteiger charge is 2.07. The Labute approximate surface area is 160 Å². The van der Waals surface area contributed by atoms with Gasteiger partial charge >= 0.3 is 0 Å². The lowest BCUT2D eigenvalue weighted by Crippen LogP contribution is -2.28. The van der Waals surface area contributed by atoms with Crippen LogP contribution in [0.25, 0.3) is 0 Å². The zero-order chi connectivity index (χ0) is 19.5. The summed E-state index contributed by atoms with van der Waals surface area (Å²) < 4.78 is 21.5. The fourth-order valence-electron chi connectivity index (χ4n) is 2.54. The molecule has 0 aliphatic rings. The number of benzene rings is 2. The number of hydrogen-bond acceptors (Lipinski definition) is 5. The summed E-state index contributed by atoms with van der Waals surface area (Å²) in [5.74, 6) is 2.89. The molecular formula is C21H27NO5. The van der Waals surface area contributed by atoms with E-state index < -0.39 is 0 Å². The van der Waals surface area contributed by atoms with Crippen LogP contribution in [-0.4, -0.2) is 39.9 Å². The van der Waals surface area contributed by atoms with E-state index in [0.717, 1.165) is 17.1 Å². The molecule has 0 atom stereocenters. The summed E-state index contributed by atoms with van der Waals surface area (Å²) in [7, 11) is 3.19. The number of carbonyl (C=O) groups excluding carboxylic acids is 1. The molecule has 0 radical (unpaired) electrons. The number of nitrogens with one attached hydrogen (secondary N) is 1. The number of ether oxygens (including phenoxy) is 4. The Bertz CT molecular complexity index is 715. The molecule has 0 spiro atoms. The zero-order valence-corrected chi connectivity index (χ0v) is 16.1. The van der Waals surface area contributed by atoms with Crippen molar-refractivity contribution >= 4 is 5.91 Å². The standard InChI is InChI=1S/C21H27NO5/c1-4-26-17-7-9-18(10-8-17)27-14-13-22-21(23)12-6-16-5-11-19(24-2)20(15-16)25-3/h5,7-11,15H,4,6,12-14H2,1-3H3,(H,22,23). The van der Waals surface area contributed by atoms with E-state index >= 15 is 0 Å². The van der Waals surface area contributed by atoms with Crippen LogP contribution < -0.4 is 24.3 Å². The van der Waals surface area contributed by atoms with Crippen molar-refractivity contribution in [2.24, 2.45) is 0 Å². The van der Waals surface area contributed by atoms with Crippen LogP contribution >= 0.6 is 0 Å². The maximum atomic E-state index is 12.0. The predicted molar refractivity (Wildman–Crippen MR) is 104 cm³/mol. The fourth-order valence-corrected chi connectivity index (χ4v) is 2.54. The second-order valence-electron chi connectivity index (χ2n) is 5.79. The molecule has 0 aliphatic carbocycles. The van der Waals surface area contributed by atoms with E-state index in [1.54, 1.807) is 14.2 Å². The highest BCUT2D eigenvalue weighted by atomic mass is 16.5. The van der Waals surface area contributed by atoms with Gasteiger partial charge in [-0.3, -0.25) is 4.79 Å². The van der Waals surface area contributed by atoms with Gasteiger partial charge in [-0.1, -0.05) is 6.07 Å². The summed E-state index contributed by atoms with van der Waals surface area (Å²) in [4.78, 5) is 12.0. The second-order valence-corrected chi connectivity index (χ2v) is 5.79. The van der Waals surface area contributed by atoms with Gasteiger partial charge < -0.3 is 24.3 Å². The van der Waals surface area contributed by atoms with Crippen molar-refractivity contribution in [1.29, 1.82) is 0 Å². The lowest BCUT2D eigenvalue weighted by atomic mass is 10.1. The van der Waals surface area contributed by atoms with Gasteiger partial charge in [-0.25, -0.2) is 0 Å². The molecule has 1 amide bonds. The Morgan fingerprint density at radius 2 is 1.59 bits per heavy atom. The lowest BCUT2D eigenvalue weighted by molar-refractivity contribution is -0.121. The van der Waals surface area contributed by atoms with Crippen molar-refractivity contribution in [3.05, 3.63) is 48.0 Å². The smallest absolute Gasteiger partial charge is 0.220 e. The van der Waals surface area contributed by atoms with Gasteiger partial charge in [-0.15, -0.1) is 0 Å². The lowest BCUT2D eigenvalue weighted by Gasteiger charge is -2.10. The third-order valence-electron chi connectivity index (χ3n) is 3.92. The average molecular weight is 373 g/mol. The van der Waals surface area contributed by atoms with E-state index in [4.69, 9.17) is 18.9 Å². The maximum Gasteiger partial charge on any atom is 0.220 e. The second kappa shape index (κ2) is 11.0. The molecule has 27 heavy (non-hydrogen) atoms. The zero-order valence-electron chi connectivity index (χ0n) is 16.1. The summed E-state index contributed by atoms with van der Waals surface area (Å²) in [6.07, 6.45) is 1.03. The minimum absolute atomic E-state index is 0.0138. The molecule has 0 heterocycles. The number of amides is 1. The van der Waals surface area contributed by atoms with E-state index in [-0.39, 0.29) is 5.91 Å². The highest BCUT2D eigenvalue weighted by molar-refractivity contribution is 5.76. The maximum absolute atomic E-state index is 12.0. The van der Waals surface area contributed by atoms with Crippen LogP contribution in [0.1, 0.15) is 18.9 Å². The van der Waals surface area contributed by atoms with Crippen molar-refractivity contribution in [1.82, 2.24) is 5.32 Å². The number of aryl methyl sites for hydroxylation is 1. The Hall–Kier alpha value is -2.89. The summed E-state index contributed by atoms with van der Waals surface area (Å²) in [5, 5.41) is 2.86. The van der Waals surface area contributed by atoms with Crippen molar-refractivity contribution in [2.75, 3.05) is 34.0 Å². The number of methoxy groups -OCH3 is 2. The van der Waals surface area contributed by atoms with Crippen LogP contribution in [0.4, 0.5) is 0 Å². The molecule has 0 saturated heterocycles. The molecule has 2 aromatic carbocycles. The van der Waals surface area contributed by atoms with E-state index in [1.165, 1.54) is 0 Å². The van der Waals surface area contributed by atoms with Gasteiger partial charge in [-0.05, 0) is 55.3 Å². The molecule has 2 aromatic rings. The van der Waals surface area contributed by atoms with Crippen LogP contribution in [0.3, 0.4) is 0 Å². The molecule has 0 aromatic heterocycles. The fraction of sp³-hybridized carbons (Fsp3) is 0.381. The van der Waals surface area contributed by atoms with Gasteiger partial charge in [-0.2, -0.15) is 0 Å². The largest absolute Gasteiger partial charge is 0.494 e. The van der Waals surface area contributed by atoms with Crippen LogP contribution in [0.2, 0.25) is 0 Å². The van der Waals surface area contributed by atoms with Crippen LogP contribution in [0, 0.1) is 0 Å². The van der Waals surface area contributed by atoms with Gasteiger partial charge in [0, 0.05) is 6.42 Å². The van der Waals surface area contributed by atoms with E-state index in [0.29, 0.717) is 44.1 Å². The average Bonchev–Trinajstić information content (AvgIpc) is 2.70. The molecular weight excluding hydrogens is 346 g/mol. The molecule has 0 aliphatic heterocycles. The van der Waals surface area contributed by atoms with Crippen molar-refractivity contribution in [2.45, 2.75) is 19.8 Å². The monoisotopic (exact) mass is 373 g/mol. The first-order chi connectivity index (χ1) is 13.2. The first-order valence-corrected chi connectivity index (χ1v) is 8.99. The van der Waals surface area contributed by atoms with Gasteiger partial charge in [0.2, 0.25) is 5.91 Å². The first-order valence-electron chi connectivity index (χ1n) is 8.99. The van der Waals surface area contributed by atoms with Gasteiger partial charge in [0.1, 0.15) is 18.1 Å². The van der Waals surface area contributed by atoms with Gasteiger partial charge in [0.25, 0.3) is 0 Å². The summed E-state index contributed by atoms with van der Waals surface area (Å²) in [6, 6.07) is 13.1. The van der Waals surface area contributed by atoms with E-state index in [2.05, 4.69) is 5.32 Å². The Kier molecular flexibility index (Phi) is 8.29. The third kappa shape index (κ3) is 6.73. The van der Waals surface area contributed by atoms with Crippen LogP contribution in [0.15, 0.2) is 42.5 Å². The normalized spacial score (nSPS) is 10.2. The number of carbonyl (C=O) groups is 1. The molecule has 0 fully saturated rings. The Morgan fingerprint density at radius 3 is 2.22 bits per heavy atom. The van der Waals surface area contributed by atoms with Crippen molar-refractivity contribution in [3.63, 3.8) is 0 Å². The molecule has 0 saturated carbocycles. The number of rotatable bonds is 11. The summed E-state index contributed by atoms with van der Waals surface area (Å²) in [6.45, 7) is 3.45. The minimum atomic E-state index is -0.0138. The van der Waals surface area contributed by atoms with E-state index in [1.807, 2.05) is 49.4 Å². The first kappa shape index (κ1) is 20.4. The summed E-state index contributed by atoms with van der Waals surface area (Å²) in [5.41, 5.74) is 1.02. The highest BCUT2D eigenvalue weighted by Crippen LogP contribution is 2.27. The Balaban J connectivity index is 1.67.